The number of aliphatic hydroxyl groups is 1. The molecule has 2 fully saturated rings. The molecule has 28 heavy (non-hydrogen) atoms. The van der Waals surface area contributed by atoms with Crippen molar-refractivity contribution in [3.63, 3.8) is 0 Å². The minimum Gasteiger partial charge on any atom is -0.389 e. The molecule has 2 aliphatic heterocycles. The number of imide groups is 1. The predicted molar refractivity (Wildman–Crippen MR) is 103 cm³/mol. The van der Waals surface area contributed by atoms with E-state index in [2.05, 4.69) is 10.6 Å². The molecule has 2 aliphatic rings. The van der Waals surface area contributed by atoms with Crippen LogP contribution in [0, 0.1) is 5.82 Å². The number of amides is 2. The molecule has 2 amide bonds. The van der Waals surface area contributed by atoms with Gasteiger partial charge < -0.3 is 15.3 Å². The molecule has 1 unspecified atom stereocenters. The second-order valence-corrected chi connectivity index (χ2v) is 7.93. The summed E-state index contributed by atoms with van der Waals surface area (Å²) in [4.78, 5) is 36.1. The van der Waals surface area contributed by atoms with Crippen LogP contribution >= 0.6 is 11.6 Å². The van der Waals surface area contributed by atoms with Gasteiger partial charge in [0, 0.05) is 31.6 Å². The molecule has 0 aliphatic carbocycles. The molecule has 2 saturated heterocycles. The number of carbonyl (C=O) groups is 3. The van der Waals surface area contributed by atoms with Crippen LogP contribution in [0.15, 0.2) is 12.1 Å². The number of hydrogen-bond acceptors (Lipinski definition) is 6. The Kier molecular flexibility index (Phi) is 5.90. The molecule has 0 bridgehead atoms. The maximum absolute atomic E-state index is 14.8. The number of ketones is 1. The molecular weight excluding hydrogens is 389 g/mol. The van der Waals surface area contributed by atoms with Crippen LogP contribution in [0.3, 0.4) is 0 Å². The van der Waals surface area contributed by atoms with E-state index in [9.17, 15) is 23.9 Å². The van der Waals surface area contributed by atoms with Crippen LogP contribution < -0.4 is 15.5 Å². The number of piperidine rings is 2. The Labute approximate surface area is 167 Å². The average molecular weight is 412 g/mol. The van der Waals surface area contributed by atoms with Crippen molar-refractivity contribution in [2.75, 3.05) is 23.3 Å². The van der Waals surface area contributed by atoms with Crippen molar-refractivity contribution in [1.29, 1.82) is 0 Å². The van der Waals surface area contributed by atoms with Crippen LogP contribution in [-0.2, 0) is 14.4 Å². The first-order chi connectivity index (χ1) is 13.2. The normalized spacial score (nSPS) is 22.0. The second kappa shape index (κ2) is 8.05. The Morgan fingerprint density at radius 2 is 2.07 bits per heavy atom. The Morgan fingerprint density at radius 3 is 2.64 bits per heavy atom. The molecule has 9 heteroatoms. The van der Waals surface area contributed by atoms with Gasteiger partial charge in [-0.2, -0.15) is 0 Å². The van der Waals surface area contributed by atoms with Gasteiger partial charge in [-0.25, -0.2) is 4.39 Å². The molecule has 152 valence electrons. The van der Waals surface area contributed by atoms with E-state index in [1.54, 1.807) is 11.0 Å². The highest BCUT2D eigenvalue weighted by molar-refractivity contribution is 6.33. The van der Waals surface area contributed by atoms with Crippen molar-refractivity contribution in [3.8, 4) is 0 Å². The Morgan fingerprint density at radius 1 is 1.39 bits per heavy atom. The Bertz CT molecular complexity index is 785. The molecule has 0 aromatic heterocycles. The first-order valence-corrected chi connectivity index (χ1v) is 9.61. The van der Waals surface area contributed by atoms with Gasteiger partial charge in [-0.1, -0.05) is 11.6 Å². The van der Waals surface area contributed by atoms with Crippen LogP contribution in [-0.4, -0.2) is 47.4 Å². The molecule has 1 atom stereocenters. The van der Waals surface area contributed by atoms with Gasteiger partial charge in [0.05, 0.1) is 16.3 Å². The standard InChI is InChI=1S/C19H23ClFN3O4/c1-11(25)10-19(28)4-6-24(7-5-19)17-13(20)8-12(9-14(17)21)22-15-2-3-16(26)23-18(15)27/h8-9,15,22,28H,2-7,10H2,1H3,(H,23,26,27). The van der Waals surface area contributed by atoms with Gasteiger partial charge in [-0.3, -0.25) is 19.7 Å². The zero-order valence-corrected chi connectivity index (χ0v) is 16.3. The number of rotatable bonds is 5. The summed E-state index contributed by atoms with van der Waals surface area (Å²) in [6.45, 7) is 2.19. The lowest BCUT2D eigenvalue weighted by atomic mass is 9.86. The summed E-state index contributed by atoms with van der Waals surface area (Å²) in [6, 6.07) is 2.18. The quantitative estimate of drug-likeness (QED) is 0.641. The fourth-order valence-electron chi connectivity index (χ4n) is 3.77. The van der Waals surface area contributed by atoms with Gasteiger partial charge >= 0.3 is 0 Å². The molecule has 3 rings (SSSR count). The minimum absolute atomic E-state index is 0.0796. The first kappa shape index (κ1) is 20.5. The molecule has 1 aromatic carbocycles. The van der Waals surface area contributed by atoms with E-state index in [-0.39, 0.29) is 35.2 Å². The van der Waals surface area contributed by atoms with E-state index in [0.29, 0.717) is 38.0 Å². The Balaban J connectivity index is 1.70. The number of halogens is 2. The predicted octanol–water partition coefficient (Wildman–Crippen LogP) is 2.01. The number of carbonyl (C=O) groups excluding carboxylic acids is 3. The monoisotopic (exact) mass is 411 g/mol. The minimum atomic E-state index is -1.06. The van der Waals surface area contributed by atoms with Gasteiger partial charge in [-0.15, -0.1) is 0 Å². The summed E-state index contributed by atoms with van der Waals surface area (Å²) < 4.78 is 14.8. The van der Waals surface area contributed by atoms with Gasteiger partial charge in [0.15, 0.2) is 0 Å². The molecule has 0 saturated carbocycles. The zero-order valence-electron chi connectivity index (χ0n) is 15.6. The van der Waals surface area contributed by atoms with Crippen molar-refractivity contribution in [3.05, 3.63) is 23.0 Å². The fourth-order valence-corrected chi connectivity index (χ4v) is 4.10. The lowest BCUT2D eigenvalue weighted by molar-refractivity contribution is -0.133. The summed E-state index contributed by atoms with van der Waals surface area (Å²) in [5.41, 5.74) is -0.468. The number of nitrogens with one attached hydrogen (secondary N) is 2. The number of Topliss-reactive ketones (excluding diaryl/α,β-unsaturated/α-hetero) is 1. The summed E-state index contributed by atoms with van der Waals surface area (Å²) in [6.07, 6.45) is 1.32. The van der Waals surface area contributed by atoms with Crippen molar-refractivity contribution < 1.29 is 23.9 Å². The highest BCUT2D eigenvalue weighted by Gasteiger charge is 2.35. The highest BCUT2D eigenvalue weighted by Crippen LogP contribution is 2.36. The van der Waals surface area contributed by atoms with Gasteiger partial charge in [-0.05, 0) is 38.3 Å². The second-order valence-electron chi connectivity index (χ2n) is 7.53. The topological polar surface area (TPSA) is 98.7 Å². The zero-order chi connectivity index (χ0) is 20.5. The largest absolute Gasteiger partial charge is 0.389 e. The van der Waals surface area contributed by atoms with E-state index in [0.717, 1.165) is 0 Å². The van der Waals surface area contributed by atoms with Crippen molar-refractivity contribution in [2.45, 2.75) is 50.7 Å². The molecule has 7 nitrogen and oxygen atoms in total. The Hall–Kier alpha value is -2.19. The molecular formula is C19H23ClFN3O4. The average Bonchev–Trinajstić information content (AvgIpc) is 2.58. The van der Waals surface area contributed by atoms with E-state index in [1.807, 2.05) is 0 Å². The first-order valence-electron chi connectivity index (χ1n) is 9.23. The number of hydrogen-bond donors (Lipinski definition) is 3. The fraction of sp³-hybridized carbons (Fsp3) is 0.526. The lowest BCUT2D eigenvalue weighted by Crippen LogP contribution is -2.47. The van der Waals surface area contributed by atoms with E-state index in [4.69, 9.17) is 11.6 Å². The molecule has 3 N–H and O–H groups in total. The molecule has 0 spiro atoms. The van der Waals surface area contributed by atoms with Crippen LogP contribution in [0.1, 0.15) is 39.0 Å². The highest BCUT2D eigenvalue weighted by atomic mass is 35.5. The van der Waals surface area contributed by atoms with Gasteiger partial charge in [0.25, 0.3) is 0 Å². The van der Waals surface area contributed by atoms with Crippen LogP contribution in [0.5, 0.6) is 0 Å². The molecule has 1 aromatic rings. The van der Waals surface area contributed by atoms with E-state index in [1.165, 1.54) is 13.0 Å². The maximum atomic E-state index is 14.8. The van der Waals surface area contributed by atoms with Crippen LogP contribution in [0.25, 0.3) is 0 Å². The SMILES string of the molecule is CC(=O)CC1(O)CCN(c2c(F)cc(NC3CCC(=O)NC3=O)cc2Cl)CC1. The van der Waals surface area contributed by atoms with Crippen LogP contribution in [0.2, 0.25) is 5.02 Å². The third-order valence-corrected chi connectivity index (χ3v) is 5.47. The number of nitrogens with zero attached hydrogens (tertiary/aromatic N) is 1. The van der Waals surface area contributed by atoms with E-state index >= 15 is 0 Å². The van der Waals surface area contributed by atoms with Crippen molar-refractivity contribution in [1.82, 2.24) is 5.32 Å². The molecule has 0 radical (unpaired) electrons. The maximum Gasteiger partial charge on any atom is 0.249 e. The van der Waals surface area contributed by atoms with Crippen LogP contribution in [0.4, 0.5) is 15.8 Å². The third-order valence-electron chi connectivity index (χ3n) is 5.19. The third kappa shape index (κ3) is 4.62. The van der Waals surface area contributed by atoms with Gasteiger partial charge in [0.2, 0.25) is 11.8 Å². The summed E-state index contributed by atoms with van der Waals surface area (Å²) >= 11 is 6.31. The molecule has 2 heterocycles. The smallest absolute Gasteiger partial charge is 0.249 e. The van der Waals surface area contributed by atoms with E-state index < -0.39 is 23.4 Å². The van der Waals surface area contributed by atoms with Gasteiger partial charge in [0.1, 0.15) is 17.6 Å². The lowest BCUT2D eigenvalue weighted by Gasteiger charge is -2.39. The number of benzene rings is 1. The number of anilines is 2. The summed E-state index contributed by atoms with van der Waals surface area (Å²) in [5, 5.41) is 15.8. The van der Waals surface area contributed by atoms with Crippen molar-refractivity contribution in [2.24, 2.45) is 0 Å². The van der Waals surface area contributed by atoms with Crippen molar-refractivity contribution >= 4 is 40.6 Å². The summed E-state index contributed by atoms with van der Waals surface area (Å²) in [7, 11) is 0. The summed E-state index contributed by atoms with van der Waals surface area (Å²) in [5.74, 6) is -1.39.